The van der Waals surface area contributed by atoms with Gasteiger partial charge in [0.2, 0.25) is 0 Å². The molecule has 6 heteroatoms. The van der Waals surface area contributed by atoms with Gasteiger partial charge in [0.15, 0.2) is 0 Å². The Hall–Kier alpha value is -1.56. The lowest BCUT2D eigenvalue weighted by Crippen LogP contribution is -2.48. The zero-order valence-corrected chi connectivity index (χ0v) is 14.0. The van der Waals surface area contributed by atoms with Gasteiger partial charge in [0, 0.05) is 17.1 Å². The van der Waals surface area contributed by atoms with Crippen molar-refractivity contribution in [1.29, 1.82) is 0 Å². The van der Waals surface area contributed by atoms with Crippen LogP contribution in [0.5, 0.6) is 0 Å². The SMILES string of the molecule is CC(C)(C)C(CC(=O)O)NC(=O)NCc1ccc(Br)cc1. The maximum absolute atomic E-state index is 11.9. The van der Waals surface area contributed by atoms with Crippen LogP contribution in [0.3, 0.4) is 0 Å². The fourth-order valence-corrected chi connectivity index (χ4v) is 2.01. The molecule has 3 N–H and O–H groups in total. The zero-order chi connectivity index (χ0) is 16.0. The van der Waals surface area contributed by atoms with Crippen molar-refractivity contribution in [2.24, 2.45) is 5.41 Å². The third kappa shape index (κ3) is 6.62. The van der Waals surface area contributed by atoms with E-state index in [0.717, 1.165) is 10.0 Å². The van der Waals surface area contributed by atoms with Crippen LogP contribution in [0.15, 0.2) is 28.7 Å². The van der Waals surface area contributed by atoms with Gasteiger partial charge in [-0.25, -0.2) is 4.79 Å². The molecule has 1 unspecified atom stereocenters. The summed E-state index contributed by atoms with van der Waals surface area (Å²) in [6, 6.07) is 6.82. The van der Waals surface area contributed by atoms with Crippen molar-refractivity contribution >= 4 is 27.9 Å². The smallest absolute Gasteiger partial charge is 0.315 e. The van der Waals surface area contributed by atoms with E-state index in [1.54, 1.807) is 0 Å². The van der Waals surface area contributed by atoms with Crippen LogP contribution in [0.1, 0.15) is 32.8 Å². The Morgan fingerprint density at radius 3 is 2.29 bits per heavy atom. The number of carboxylic acids is 1. The first-order chi connectivity index (χ1) is 9.68. The normalized spacial score (nSPS) is 12.6. The molecule has 0 fully saturated rings. The number of carbonyl (C=O) groups excluding carboxylic acids is 1. The van der Waals surface area contributed by atoms with Crippen LogP contribution in [-0.2, 0) is 11.3 Å². The van der Waals surface area contributed by atoms with Crippen LogP contribution >= 0.6 is 15.9 Å². The molecule has 0 radical (unpaired) electrons. The molecule has 0 aliphatic carbocycles. The van der Waals surface area contributed by atoms with Crippen molar-refractivity contribution in [1.82, 2.24) is 10.6 Å². The highest BCUT2D eigenvalue weighted by molar-refractivity contribution is 9.10. The van der Waals surface area contributed by atoms with Gasteiger partial charge in [-0.15, -0.1) is 0 Å². The minimum Gasteiger partial charge on any atom is -0.481 e. The Labute approximate surface area is 133 Å². The first kappa shape index (κ1) is 17.5. The summed E-state index contributed by atoms with van der Waals surface area (Å²) < 4.78 is 0.977. The summed E-state index contributed by atoms with van der Waals surface area (Å²) >= 11 is 3.35. The summed E-state index contributed by atoms with van der Waals surface area (Å²) in [5, 5.41) is 14.4. The first-order valence-electron chi connectivity index (χ1n) is 6.69. The molecule has 1 rings (SSSR count). The molecule has 5 nitrogen and oxygen atoms in total. The predicted octanol–water partition coefficient (Wildman–Crippen LogP) is 3.14. The summed E-state index contributed by atoms with van der Waals surface area (Å²) in [5.74, 6) is -0.928. The monoisotopic (exact) mass is 356 g/mol. The number of halogens is 1. The van der Waals surface area contributed by atoms with Crippen LogP contribution in [0.25, 0.3) is 0 Å². The maximum atomic E-state index is 11.9. The Balaban J connectivity index is 2.54. The van der Waals surface area contributed by atoms with Gasteiger partial charge in [0.05, 0.1) is 6.42 Å². The summed E-state index contributed by atoms with van der Waals surface area (Å²) in [4.78, 5) is 22.8. The second-order valence-electron chi connectivity index (χ2n) is 5.97. The van der Waals surface area contributed by atoms with Crippen LogP contribution in [0.4, 0.5) is 4.79 Å². The average molecular weight is 357 g/mol. The summed E-state index contributed by atoms with van der Waals surface area (Å²) in [5.41, 5.74) is 0.645. The summed E-state index contributed by atoms with van der Waals surface area (Å²) in [6.45, 7) is 6.09. The van der Waals surface area contributed by atoms with E-state index in [0.29, 0.717) is 6.54 Å². The highest BCUT2D eigenvalue weighted by Gasteiger charge is 2.28. The second-order valence-corrected chi connectivity index (χ2v) is 6.89. The number of carboxylic acid groups (broad SMARTS) is 1. The van der Waals surface area contributed by atoms with Gasteiger partial charge in [0.1, 0.15) is 0 Å². The number of aliphatic carboxylic acids is 1. The van der Waals surface area contributed by atoms with E-state index in [1.165, 1.54) is 0 Å². The molecule has 0 aliphatic heterocycles. The standard InChI is InChI=1S/C15H21BrN2O3/c1-15(2,3)12(8-13(19)20)18-14(21)17-9-10-4-6-11(16)7-5-10/h4-7,12H,8-9H2,1-3H3,(H,19,20)(H2,17,18,21). The topological polar surface area (TPSA) is 78.4 Å². The highest BCUT2D eigenvalue weighted by atomic mass is 79.9. The van der Waals surface area contributed by atoms with Crippen LogP contribution in [-0.4, -0.2) is 23.1 Å². The van der Waals surface area contributed by atoms with E-state index >= 15 is 0 Å². The molecular weight excluding hydrogens is 336 g/mol. The second kappa shape index (κ2) is 7.45. The molecule has 116 valence electrons. The van der Waals surface area contributed by atoms with Crippen LogP contribution < -0.4 is 10.6 Å². The number of carbonyl (C=O) groups is 2. The molecule has 0 saturated heterocycles. The Kier molecular flexibility index (Phi) is 6.20. The van der Waals surface area contributed by atoms with Gasteiger partial charge in [-0.3, -0.25) is 4.79 Å². The van der Waals surface area contributed by atoms with Crippen molar-refractivity contribution in [3.05, 3.63) is 34.3 Å². The third-order valence-electron chi connectivity index (χ3n) is 3.10. The quantitative estimate of drug-likeness (QED) is 0.758. The molecule has 0 aliphatic rings. The fraction of sp³-hybridized carbons (Fsp3) is 0.467. The number of rotatable bonds is 5. The van der Waals surface area contributed by atoms with Gasteiger partial charge in [-0.1, -0.05) is 48.8 Å². The predicted molar refractivity (Wildman–Crippen MR) is 85.0 cm³/mol. The van der Waals surface area contributed by atoms with Gasteiger partial charge < -0.3 is 15.7 Å². The van der Waals surface area contributed by atoms with E-state index in [-0.39, 0.29) is 17.9 Å². The Bertz CT molecular complexity index is 495. The highest BCUT2D eigenvalue weighted by Crippen LogP contribution is 2.21. The fourth-order valence-electron chi connectivity index (χ4n) is 1.74. The van der Waals surface area contributed by atoms with Gasteiger partial charge in [0.25, 0.3) is 0 Å². The largest absolute Gasteiger partial charge is 0.481 e. The van der Waals surface area contributed by atoms with Crippen molar-refractivity contribution in [3.63, 3.8) is 0 Å². The third-order valence-corrected chi connectivity index (χ3v) is 3.62. The molecule has 2 amide bonds. The Morgan fingerprint density at radius 1 is 1.24 bits per heavy atom. The van der Waals surface area contributed by atoms with Gasteiger partial charge in [-0.2, -0.15) is 0 Å². The zero-order valence-electron chi connectivity index (χ0n) is 12.4. The van der Waals surface area contributed by atoms with Crippen molar-refractivity contribution in [3.8, 4) is 0 Å². The minimum absolute atomic E-state index is 0.102. The molecule has 0 bridgehead atoms. The first-order valence-corrected chi connectivity index (χ1v) is 7.48. The van der Waals surface area contributed by atoms with Gasteiger partial charge in [-0.05, 0) is 23.1 Å². The number of benzene rings is 1. The molecule has 21 heavy (non-hydrogen) atoms. The molecule has 0 heterocycles. The summed E-state index contributed by atoms with van der Waals surface area (Å²) in [6.07, 6.45) is -0.102. The number of hydrogen-bond acceptors (Lipinski definition) is 2. The van der Waals surface area contributed by atoms with Crippen molar-refractivity contribution in [2.45, 2.75) is 39.8 Å². The van der Waals surface area contributed by atoms with E-state index < -0.39 is 12.0 Å². The number of urea groups is 1. The van der Waals surface area contributed by atoms with Gasteiger partial charge >= 0.3 is 12.0 Å². The van der Waals surface area contributed by atoms with E-state index in [2.05, 4.69) is 26.6 Å². The van der Waals surface area contributed by atoms with Crippen LogP contribution in [0.2, 0.25) is 0 Å². The van der Waals surface area contributed by atoms with E-state index in [9.17, 15) is 9.59 Å². The lowest BCUT2D eigenvalue weighted by molar-refractivity contribution is -0.138. The number of hydrogen-bond donors (Lipinski definition) is 3. The van der Waals surface area contributed by atoms with E-state index in [4.69, 9.17) is 5.11 Å². The molecular formula is C15H21BrN2O3. The maximum Gasteiger partial charge on any atom is 0.315 e. The minimum atomic E-state index is -0.928. The lowest BCUT2D eigenvalue weighted by atomic mass is 9.85. The molecule has 0 aromatic heterocycles. The number of amides is 2. The molecule has 0 saturated carbocycles. The average Bonchev–Trinajstić information content (AvgIpc) is 2.36. The van der Waals surface area contributed by atoms with Crippen molar-refractivity contribution in [2.75, 3.05) is 0 Å². The van der Waals surface area contributed by atoms with E-state index in [1.807, 2.05) is 45.0 Å². The molecule has 1 aromatic carbocycles. The summed E-state index contributed by atoms with van der Waals surface area (Å²) in [7, 11) is 0. The molecule has 0 spiro atoms. The van der Waals surface area contributed by atoms with Crippen LogP contribution in [0, 0.1) is 5.41 Å². The molecule has 1 aromatic rings. The van der Waals surface area contributed by atoms with Crippen molar-refractivity contribution < 1.29 is 14.7 Å². The Morgan fingerprint density at radius 2 is 1.81 bits per heavy atom. The molecule has 1 atom stereocenters. The lowest BCUT2D eigenvalue weighted by Gasteiger charge is -2.30. The number of nitrogens with one attached hydrogen (secondary N) is 2.